The molecule has 0 saturated carbocycles. The number of hydrogen-bond acceptors (Lipinski definition) is 0. The van der Waals surface area contributed by atoms with Crippen molar-refractivity contribution < 1.29 is 5.11 Å². The Labute approximate surface area is 131 Å². The molecule has 119 valence electrons. The van der Waals surface area contributed by atoms with Crippen molar-refractivity contribution in [1.82, 2.24) is 0 Å². The summed E-state index contributed by atoms with van der Waals surface area (Å²) in [5.74, 6) is 0. The largest absolute Gasteiger partial charge is 0.228 e. The average Bonchev–Trinajstić information content (AvgIpc) is 2.53. The molecule has 1 aromatic carbocycles. The smallest absolute Gasteiger partial charge is 0.118 e. The van der Waals surface area contributed by atoms with E-state index in [1.165, 1.54) is 64.2 Å². The normalized spacial score (nSPS) is 12.5. The molecule has 0 N–H and O–H groups in total. The summed E-state index contributed by atoms with van der Waals surface area (Å²) >= 11 is 0. The van der Waals surface area contributed by atoms with Crippen molar-refractivity contribution in [3.05, 3.63) is 35.9 Å². The maximum atomic E-state index is 12.0. The third-order valence-corrected chi connectivity index (χ3v) is 4.24. The molecule has 0 spiro atoms. The first-order valence-corrected chi connectivity index (χ1v) is 9.05. The number of hydrogen-bond donors (Lipinski definition) is 0. The van der Waals surface area contributed by atoms with Crippen molar-refractivity contribution in [2.24, 2.45) is 0 Å². The van der Waals surface area contributed by atoms with E-state index in [1.807, 2.05) is 30.3 Å². The van der Waals surface area contributed by atoms with Gasteiger partial charge in [-0.3, -0.25) is 0 Å². The lowest BCUT2D eigenvalue weighted by molar-refractivity contribution is 0.0786. The van der Waals surface area contributed by atoms with Crippen LogP contribution < -0.4 is 0 Å². The maximum Gasteiger partial charge on any atom is 0.118 e. The SMILES string of the molecule is CCCCCCCCCCCCCC([O])c1ccccc1. The van der Waals surface area contributed by atoms with E-state index in [2.05, 4.69) is 6.92 Å². The monoisotopic (exact) mass is 289 g/mol. The Hall–Kier alpha value is -0.820. The summed E-state index contributed by atoms with van der Waals surface area (Å²) in [5, 5.41) is 12.0. The Bertz CT molecular complexity index is 320. The van der Waals surface area contributed by atoms with Crippen LogP contribution in [0.4, 0.5) is 0 Å². The standard InChI is InChI=1S/C20H33O/c1-2-3-4-5-6-7-8-9-10-11-15-18-20(21)19-16-13-12-14-17-19/h12-14,16-17,20H,2-11,15,18H2,1H3. The molecular weight excluding hydrogens is 256 g/mol. The number of benzene rings is 1. The second-order valence-corrected chi connectivity index (χ2v) is 6.22. The summed E-state index contributed by atoms with van der Waals surface area (Å²) in [4.78, 5) is 0. The zero-order chi connectivity index (χ0) is 15.2. The van der Waals surface area contributed by atoms with Crippen LogP contribution in [0.25, 0.3) is 0 Å². The third-order valence-electron chi connectivity index (χ3n) is 4.24. The van der Waals surface area contributed by atoms with Gasteiger partial charge in [0.2, 0.25) is 0 Å². The quantitative estimate of drug-likeness (QED) is 0.353. The van der Waals surface area contributed by atoms with Crippen molar-refractivity contribution in [1.29, 1.82) is 0 Å². The summed E-state index contributed by atoms with van der Waals surface area (Å²) in [6, 6.07) is 9.80. The van der Waals surface area contributed by atoms with Crippen molar-refractivity contribution in [3.8, 4) is 0 Å². The summed E-state index contributed by atoms with van der Waals surface area (Å²) in [5.41, 5.74) is 0.949. The molecule has 0 aliphatic rings. The molecule has 0 heterocycles. The molecule has 1 nitrogen and oxygen atoms in total. The molecule has 1 rings (SSSR count). The first kappa shape index (κ1) is 18.2. The van der Waals surface area contributed by atoms with E-state index in [4.69, 9.17) is 0 Å². The van der Waals surface area contributed by atoms with Crippen LogP contribution in [0.15, 0.2) is 30.3 Å². The van der Waals surface area contributed by atoms with Gasteiger partial charge in [0.15, 0.2) is 0 Å². The van der Waals surface area contributed by atoms with E-state index in [-0.39, 0.29) is 0 Å². The van der Waals surface area contributed by atoms with Crippen LogP contribution in [0.5, 0.6) is 0 Å². The second-order valence-electron chi connectivity index (χ2n) is 6.22. The van der Waals surface area contributed by atoms with Crippen molar-refractivity contribution in [2.75, 3.05) is 0 Å². The molecule has 0 amide bonds. The van der Waals surface area contributed by atoms with Crippen molar-refractivity contribution in [3.63, 3.8) is 0 Å². The van der Waals surface area contributed by atoms with E-state index >= 15 is 0 Å². The van der Waals surface area contributed by atoms with Gasteiger partial charge in [-0.15, -0.1) is 0 Å². The summed E-state index contributed by atoms with van der Waals surface area (Å²) in [7, 11) is 0. The highest BCUT2D eigenvalue weighted by molar-refractivity contribution is 5.16. The minimum absolute atomic E-state index is 0.523. The Morgan fingerprint density at radius 3 is 1.71 bits per heavy atom. The van der Waals surface area contributed by atoms with Gasteiger partial charge in [-0.05, 0) is 12.0 Å². The van der Waals surface area contributed by atoms with Gasteiger partial charge in [-0.25, -0.2) is 5.11 Å². The fourth-order valence-electron chi connectivity index (χ4n) is 2.83. The molecule has 21 heavy (non-hydrogen) atoms. The predicted octanol–water partition coefficient (Wildman–Crippen LogP) is 6.86. The van der Waals surface area contributed by atoms with Crippen LogP contribution in [0.2, 0.25) is 0 Å². The molecular formula is C20H33O. The maximum absolute atomic E-state index is 12.0. The summed E-state index contributed by atoms with van der Waals surface area (Å²) in [6.07, 6.45) is 15.0. The van der Waals surface area contributed by atoms with Crippen LogP contribution in [0, 0.1) is 0 Å². The first-order valence-electron chi connectivity index (χ1n) is 9.05. The van der Waals surface area contributed by atoms with E-state index in [0.717, 1.165) is 18.4 Å². The molecule has 1 unspecified atom stereocenters. The number of rotatable bonds is 13. The van der Waals surface area contributed by atoms with Gasteiger partial charge in [0.1, 0.15) is 6.10 Å². The van der Waals surface area contributed by atoms with Gasteiger partial charge in [0.05, 0.1) is 0 Å². The fraction of sp³-hybridized carbons (Fsp3) is 0.700. The summed E-state index contributed by atoms with van der Waals surface area (Å²) in [6.45, 7) is 2.27. The van der Waals surface area contributed by atoms with Crippen LogP contribution in [-0.2, 0) is 5.11 Å². The van der Waals surface area contributed by atoms with Gasteiger partial charge < -0.3 is 0 Å². The van der Waals surface area contributed by atoms with Crippen LogP contribution in [0.1, 0.15) is 95.6 Å². The van der Waals surface area contributed by atoms with Crippen molar-refractivity contribution in [2.45, 2.75) is 90.1 Å². The van der Waals surface area contributed by atoms with Gasteiger partial charge in [-0.1, -0.05) is 108 Å². The molecule has 1 heteroatoms. The van der Waals surface area contributed by atoms with Crippen LogP contribution in [0.3, 0.4) is 0 Å². The third kappa shape index (κ3) is 9.68. The molecule has 0 aliphatic carbocycles. The minimum Gasteiger partial charge on any atom is -0.228 e. The van der Waals surface area contributed by atoms with E-state index in [9.17, 15) is 5.11 Å². The first-order chi connectivity index (χ1) is 10.3. The average molecular weight is 289 g/mol. The topological polar surface area (TPSA) is 19.9 Å². The van der Waals surface area contributed by atoms with Crippen LogP contribution >= 0.6 is 0 Å². The zero-order valence-corrected chi connectivity index (χ0v) is 13.9. The van der Waals surface area contributed by atoms with Gasteiger partial charge in [0, 0.05) is 0 Å². The molecule has 0 aliphatic heterocycles. The highest BCUT2D eigenvalue weighted by atomic mass is 16.3. The lowest BCUT2D eigenvalue weighted by Crippen LogP contribution is -1.95. The van der Waals surface area contributed by atoms with Crippen LogP contribution in [-0.4, -0.2) is 0 Å². The number of unbranched alkanes of at least 4 members (excludes halogenated alkanes) is 10. The van der Waals surface area contributed by atoms with E-state index in [1.54, 1.807) is 0 Å². The predicted molar refractivity (Wildman–Crippen MR) is 90.9 cm³/mol. The minimum atomic E-state index is -0.523. The molecule has 0 fully saturated rings. The Morgan fingerprint density at radius 2 is 1.19 bits per heavy atom. The molecule has 0 bridgehead atoms. The lowest BCUT2D eigenvalue weighted by Gasteiger charge is -2.08. The Balaban J connectivity index is 1.86. The van der Waals surface area contributed by atoms with E-state index in [0.29, 0.717) is 0 Å². The van der Waals surface area contributed by atoms with Gasteiger partial charge in [-0.2, -0.15) is 0 Å². The second kappa shape index (κ2) is 12.9. The highest BCUT2D eigenvalue weighted by Crippen LogP contribution is 2.20. The molecule has 0 saturated heterocycles. The van der Waals surface area contributed by atoms with Crippen molar-refractivity contribution >= 4 is 0 Å². The molecule has 0 aromatic heterocycles. The lowest BCUT2D eigenvalue weighted by atomic mass is 10.0. The van der Waals surface area contributed by atoms with Gasteiger partial charge >= 0.3 is 0 Å². The summed E-state index contributed by atoms with van der Waals surface area (Å²) < 4.78 is 0. The van der Waals surface area contributed by atoms with E-state index < -0.39 is 6.10 Å². The molecule has 1 atom stereocenters. The Kier molecular flexibility index (Phi) is 11.2. The Morgan fingerprint density at radius 1 is 0.714 bits per heavy atom. The molecule has 1 radical (unpaired) electrons. The zero-order valence-electron chi connectivity index (χ0n) is 13.9. The van der Waals surface area contributed by atoms with Gasteiger partial charge in [0.25, 0.3) is 0 Å². The fourth-order valence-corrected chi connectivity index (χ4v) is 2.83. The highest BCUT2D eigenvalue weighted by Gasteiger charge is 2.07. The molecule has 1 aromatic rings.